The lowest BCUT2D eigenvalue weighted by Gasteiger charge is -2.27. The molecule has 2 nitrogen and oxygen atoms in total. The largest absolute Gasteiger partial charge is 0.398 e. The minimum absolute atomic E-state index is 0.279. The molecule has 0 saturated heterocycles. The number of hydrogen-bond donors (Lipinski definition) is 2. The van der Waals surface area contributed by atoms with E-state index < -0.39 is 0 Å². The summed E-state index contributed by atoms with van der Waals surface area (Å²) in [5.74, 6) is 0. The molecule has 1 fully saturated rings. The maximum atomic E-state index is 5.90. The third kappa shape index (κ3) is 2.25. The zero-order valence-electron chi connectivity index (χ0n) is 9.64. The molecule has 1 aromatic rings. The minimum atomic E-state index is 0.279. The van der Waals surface area contributed by atoms with E-state index in [1.54, 1.807) is 0 Å². The topological polar surface area (TPSA) is 38.0 Å². The number of nitrogen functional groups attached to an aromatic ring is 1. The van der Waals surface area contributed by atoms with Crippen LogP contribution in [0.1, 0.15) is 38.2 Å². The first kappa shape index (κ1) is 10.3. The molecule has 0 aliphatic heterocycles. The van der Waals surface area contributed by atoms with Gasteiger partial charge in [0.2, 0.25) is 0 Å². The van der Waals surface area contributed by atoms with Crippen LogP contribution in [-0.2, 0) is 0 Å². The van der Waals surface area contributed by atoms with Crippen LogP contribution in [0.15, 0.2) is 18.2 Å². The van der Waals surface area contributed by atoms with Crippen molar-refractivity contribution in [2.45, 2.75) is 45.1 Å². The van der Waals surface area contributed by atoms with Crippen molar-refractivity contribution in [3.05, 3.63) is 23.8 Å². The lowest BCUT2D eigenvalue weighted by Crippen LogP contribution is -2.30. The highest BCUT2D eigenvalue weighted by Gasteiger charge is 2.28. The first-order valence-corrected chi connectivity index (χ1v) is 5.73. The molecule has 1 saturated carbocycles. The highest BCUT2D eigenvalue weighted by atomic mass is 15.0. The van der Waals surface area contributed by atoms with E-state index in [0.29, 0.717) is 0 Å². The quantitative estimate of drug-likeness (QED) is 0.725. The maximum Gasteiger partial charge on any atom is 0.0365 e. The fourth-order valence-electron chi connectivity index (χ4n) is 2.35. The Balaban J connectivity index is 2.13. The Morgan fingerprint density at radius 2 is 1.93 bits per heavy atom. The van der Waals surface area contributed by atoms with Gasteiger partial charge in [0.1, 0.15) is 0 Å². The monoisotopic (exact) mass is 204 g/mol. The summed E-state index contributed by atoms with van der Waals surface area (Å²) in [6.07, 6.45) is 5.21. The highest BCUT2D eigenvalue weighted by molar-refractivity contribution is 5.59. The third-order valence-corrected chi connectivity index (χ3v) is 3.43. The van der Waals surface area contributed by atoms with Gasteiger partial charge >= 0.3 is 0 Å². The normalized spacial score (nSPS) is 19.1. The van der Waals surface area contributed by atoms with Crippen molar-refractivity contribution in [1.29, 1.82) is 0 Å². The van der Waals surface area contributed by atoms with E-state index in [2.05, 4.69) is 24.4 Å². The second-order valence-electron chi connectivity index (χ2n) is 4.96. The molecular weight excluding hydrogens is 184 g/mol. The van der Waals surface area contributed by atoms with E-state index in [1.807, 2.05) is 13.0 Å². The molecule has 1 aliphatic carbocycles. The van der Waals surface area contributed by atoms with Gasteiger partial charge in [0.15, 0.2) is 0 Å². The summed E-state index contributed by atoms with van der Waals surface area (Å²) < 4.78 is 0. The van der Waals surface area contributed by atoms with Crippen LogP contribution in [0.2, 0.25) is 0 Å². The molecule has 0 heterocycles. The smallest absolute Gasteiger partial charge is 0.0365 e. The van der Waals surface area contributed by atoms with Crippen LogP contribution in [0, 0.1) is 6.92 Å². The number of hydrogen-bond acceptors (Lipinski definition) is 2. The molecule has 0 unspecified atom stereocenters. The number of rotatable bonds is 2. The molecule has 15 heavy (non-hydrogen) atoms. The van der Waals surface area contributed by atoms with Crippen molar-refractivity contribution in [1.82, 2.24) is 0 Å². The molecule has 82 valence electrons. The van der Waals surface area contributed by atoms with Gasteiger partial charge in [0, 0.05) is 16.9 Å². The van der Waals surface area contributed by atoms with Crippen molar-refractivity contribution in [2.24, 2.45) is 0 Å². The fraction of sp³-hybridized carbons (Fsp3) is 0.538. The summed E-state index contributed by atoms with van der Waals surface area (Å²) in [4.78, 5) is 0. The van der Waals surface area contributed by atoms with Gasteiger partial charge in [0.05, 0.1) is 0 Å². The van der Waals surface area contributed by atoms with Crippen LogP contribution in [0.25, 0.3) is 0 Å². The van der Waals surface area contributed by atoms with Crippen LogP contribution in [0.5, 0.6) is 0 Å². The van der Waals surface area contributed by atoms with Crippen LogP contribution in [0.4, 0.5) is 11.4 Å². The number of aryl methyl sites for hydroxylation is 1. The second kappa shape index (κ2) is 3.76. The van der Waals surface area contributed by atoms with Crippen molar-refractivity contribution in [3.8, 4) is 0 Å². The lowest BCUT2D eigenvalue weighted by molar-refractivity contribution is 0.533. The average molecular weight is 204 g/mol. The van der Waals surface area contributed by atoms with Crippen LogP contribution in [-0.4, -0.2) is 5.54 Å². The number of anilines is 2. The number of nitrogens with one attached hydrogen (secondary N) is 1. The summed E-state index contributed by atoms with van der Waals surface area (Å²) in [7, 11) is 0. The average Bonchev–Trinajstić information content (AvgIpc) is 2.59. The number of benzene rings is 1. The predicted molar refractivity (Wildman–Crippen MR) is 66.1 cm³/mol. The predicted octanol–water partition coefficient (Wildman–Crippen LogP) is 3.32. The van der Waals surface area contributed by atoms with Crippen molar-refractivity contribution >= 4 is 11.4 Å². The molecule has 2 heteroatoms. The standard InChI is InChI=1S/C13H20N2/c1-10-5-6-11(9-12(10)14)15-13(2)7-3-4-8-13/h5-6,9,15H,3-4,7-8,14H2,1-2H3. The molecule has 0 atom stereocenters. The summed E-state index contributed by atoms with van der Waals surface area (Å²) in [5, 5.41) is 3.61. The summed E-state index contributed by atoms with van der Waals surface area (Å²) in [6.45, 7) is 4.34. The molecule has 0 amide bonds. The van der Waals surface area contributed by atoms with E-state index in [0.717, 1.165) is 16.9 Å². The molecule has 0 aromatic heterocycles. The Hall–Kier alpha value is -1.18. The van der Waals surface area contributed by atoms with Crippen LogP contribution in [0.3, 0.4) is 0 Å². The summed E-state index contributed by atoms with van der Waals surface area (Å²) in [5.41, 5.74) is 9.36. The Morgan fingerprint density at radius 3 is 2.53 bits per heavy atom. The first-order valence-electron chi connectivity index (χ1n) is 5.73. The molecular formula is C13H20N2. The van der Waals surface area contributed by atoms with Gasteiger partial charge in [-0.25, -0.2) is 0 Å². The van der Waals surface area contributed by atoms with E-state index in [1.165, 1.54) is 25.7 Å². The Labute approximate surface area is 91.9 Å². The minimum Gasteiger partial charge on any atom is -0.398 e. The molecule has 3 N–H and O–H groups in total. The maximum absolute atomic E-state index is 5.90. The molecule has 2 rings (SSSR count). The van der Waals surface area contributed by atoms with Gasteiger partial charge < -0.3 is 11.1 Å². The number of nitrogens with two attached hydrogens (primary N) is 1. The van der Waals surface area contributed by atoms with Gasteiger partial charge in [0.25, 0.3) is 0 Å². The van der Waals surface area contributed by atoms with Gasteiger partial charge in [-0.15, -0.1) is 0 Å². The zero-order chi connectivity index (χ0) is 10.9. The molecule has 0 bridgehead atoms. The van der Waals surface area contributed by atoms with E-state index in [9.17, 15) is 0 Å². The van der Waals surface area contributed by atoms with E-state index >= 15 is 0 Å². The Morgan fingerprint density at radius 1 is 1.27 bits per heavy atom. The van der Waals surface area contributed by atoms with Crippen LogP contribution < -0.4 is 11.1 Å². The fourth-order valence-corrected chi connectivity index (χ4v) is 2.35. The van der Waals surface area contributed by atoms with Crippen molar-refractivity contribution < 1.29 is 0 Å². The molecule has 1 aliphatic rings. The first-order chi connectivity index (χ1) is 7.09. The van der Waals surface area contributed by atoms with Gasteiger partial charge in [-0.1, -0.05) is 18.9 Å². The zero-order valence-corrected chi connectivity index (χ0v) is 9.64. The lowest BCUT2D eigenvalue weighted by atomic mass is 10.00. The van der Waals surface area contributed by atoms with Gasteiger partial charge in [-0.05, 0) is 44.4 Å². The summed E-state index contributed by atoms with van der Waals surface area (Å²) >= 11 is 0. The molecule has 0 spiro atoms. The van der Waals surface area contributed by atoms with E-state index in [4.69, 9.17) is 5.73 Å². The third-order valence-electron chi connectivity index (χ3n) is 3.43. The highest BCUT2D eigenvalue weighted by Crippen LogP contribution is 2.33. The van der Waals surface area contributed by atoms with Gasteiger partial charge in [-0.3, -0.25) is 0 Å². The summed E-state index contributed by atoms with van der Waals surface area (Å²) in [6, 6.07) is 6.24. The van der Waals surface area contributed by atoms with Crippen molar-refractivity contribution in [3.63, 3.8) is 0 Å². The van der Waals surface area contributed by atoms with Crippen molar-refractivity contribution in [2.75, 3.05) is 11.1 Å². The molecule has 0 radical (unpaired) electrons. The Kier molecular flexibility index (Phi) is 2.59. The Bertz CT molecular complexity index is 352. The van der Waals surface area contributed by atoms with Gasteiger partial charge in [-0.2, -0.15) is 0 Å². The molecule has 1 aromatic carbocycles. The van der Waals surface area contributed by atoms with Crippen LogP contribution >= 0.6 is 0 Å². The van der Waals surface area contributed by atoms with E-state index in [-0.39, 0.29) is 5.54 Å². The second-order valence-corrected chi connectivity index (χ2v) is 4.96. The SMILES string of the molecule is Cc1ccc(NC2(C)CCCC2)cc1N.